The van der Waals surface area contributed by atoms with Gasteiger partial charge in [0.2, 0.25) is 5.91 Å². The van der Waals surface area contributed by atoms with Crippen molar-refractivity contribution in [2.24, 2.45) is 0 Å². The minimum Gasteiger partial charge on any atom is -0.490 e. The Kier molecular flexibility index (Phi) is 6.70. The molecule has 0 saturated carbocycles. The van der Waals surface area contributed by atoms with Crippen LogP contribution in [0.15, 0.2) is 29.8 Å². The number of ketones is 1. The number of amides is 1. The molecule has 1 aliphatic heterocycles. The highest BCUT2D eigenvalue weighted by atomic mass is 19.1. The number of Topliss-reactive ketones (excluding diaryl/α,β-unsaturated/α-hetero) is 1. The van der Waals surface area contributed by atoms with E-state index in [1.807, 2.05) is 19.9 Å². The number of rotatable bonds is 6. The van der Waals surface area contributed by atoms with Gasteiger partial charge in [0.25, 0.3) is 0 Å². The maximum Gasteiger partial charge on any atom is 0.249 e. The van der Waals surface area contributed by atoms with Crippen LogP contribution < -0.4 is 4.74 Å². The molecule has 2 rings (SSSR count). The number of carbonyl (C=O) groups excluding carboxylic acids is 2. The van der Waals surface area contributed by atoms with Crippen molar-refractivity contribution in [1.29, 1.82) is 0 Å². The predicted octanol–water partition coefficient (Wildman–Crippen LogP) is 2.99. The fourth-order valence-corrected chi connectivity index (χ4v) is 2.73. The fraction of sp³-hybridized carbons (Fsp3) is 0.474. The maximum atomic E-state index is 13.3. The van der Waals surface area contributed by atoms with E-state index in [0.29, 0.717) is 25.4 Å². The zero-order chi connectivity index (χ0) is 18.4. The Bertz CT molecular complexity index is 671. The number of hydrogen-bond donors (Lipinski definition) is 0. The molecule has 1 amide bonds. The smallest absolute Gasteiger partial charge is 0.249 e. The summed E-state index contributed by atoms with van der Waals surface area (Å²) in [4.78, 5) is 25.7. The normalized spacial score (nSPS) is 18.2. The van der Waals surface area contributed by atoms with Gasteiger partial charge in [-0.05, 0) is 38.5 Å². The van der Waals surface area contributed by atoms with Crippen LogP contribution in [0, 0.1) is 5.82 Å². The zero-order valence-electron chi connectivity index (χ0n) is 14.9. The van der Waals surface area contributed by atoms with Crippen molar-refractivity contribution >= 4 is 11.7 Å². The van der Waals surface area contributed by atoms with Crippen molar-refractivity contribution < 1.29 is 23.5 Å². The lowest BCUT2D eigenvalue weighted by atomic mass is 10.1. The monoisotopic (exact) mass is 349 g/mol. The topological polar surface area (TPSA) is 55.8 Å². The Morgan fingerprint density at radius 1 is 1.40 bits per heavy atom. The molecule has 0 radical (unpaired) electrons. The largest absolute Gasteiger partial charge is 0.490 e. The molecule has 0 N–H and O–H groups in total. The van der Waals surface area contributed by atoms with Gasteiger partial charge in [0, 0.05) is 12.1 Å². The molecule has 1 aromatic carbocycles. The van der Waals surface area contributed by atoms with Crippen LogP contribution >= 0.6 is 0 Å². The molecule has 136 valence electrons. The summed E-state index contributed by atoms with van der Waals surface area (Å²) in [6.07, 6.45) is 2.42. The van der Waals surface area contributed by atoms with Gasteiger partial charge in [-0.15, -0.1) is 0 Å². The number of carbonyl (C=O) groups is 2. The van der Waals surface area contributed by atoms with Crippen molar-refractivity contribution in [2.75, 3.05) is 26.3 Å². The minimum absolute atomic E-state index is 0.00126. The van der Waals surface area contributed by atoms with Crippen molar-refractivity contribution in [3.63, 3.8) is 0 Å². The Hall–Kier alpha value is -2.21. The van der Waals surface area contributed by atoms with Crippen LogP contribution in [-0.4, -0.2) is 49.0 Å². The molecular formula is C19H24FNO4. The zero-order valence-corrected chi connectivity index (χ0v) is 14.9. The number of allylic oxidation sites excluding steroid dienone is 1. The van der Waals surface area contributed by atoms with E-state index in [0.717, 1.165) is 18.1 Å². The van der Waals surface area contributed by atoms with Crippen molar-refractivity contribution in [1.82, 2.24) is 4.90 Å². The highest BCUT2D eigenvalue weighted by Gasteiger charge is 2.25. The lowest BCUT2D eigenvalue weighted by Gasteiger charge is -2.33. The van der Waals surface area contributed by atoms with Crippen LogP contribution in [0.1, 0.15) is 37.6 Å². The van der Waals surface area contributed by atoms with Crippen LogP contribution in [0.3, 0.4) is 0 Å². The van der Waals surface area contributed by atoms with Crippen molar-refractivity contribution in [3.05, 3.63) is 41.2 Å². The number of hydrogen-bond acceptors (Lipinski definition) is 4. The van der Waals surface area contributed by atoms with Crippen molar-refractivity contribution in [3.8, 4) is 5.75 Å². The van der Waals surface area contributed by atoms with E-state index in [9.17, 15) is 14.0 Å². The van der Waals surface area contributed by atoms with Crippen LogP contribution in [0.25, 0.3) is 0 Å². The molecule has 1 fully saturated rings. The van der Waals surface area contributed by atoms with E-state index < -0.39 is 5.82 Å². The number of ether oxygens (including phenoxy) is 2. The highest BCUT2D eigenvalue weighted by molar-refractivity contribution is 5.96. The summed E-state index contributed by atoms with van der Waals surface area (Å²) >= 11 is 0. The van der Waals surface area contributed by atoms with Gasteiger partial charge in [-0.2, -0.15) is 0 Å². The van der Waals surface area contributed by atoms with Crippen molar-refractivity contribution in [2.45, 2.75) is 33.3 Å². The van der Waals surface area contributed by atoms with Gasteiger partial charge in [-0.1, -0.05) is 13.0 Å². The van der Waals surface area contributed by atoms with E-state index >= 15 is 0 Å². The molecule has 1 saturated heterocycles. The first-order chi connectivity index (χ1) is 11.9. The second kappa shape index (κ2) is 8.76. The fourth-order valence-electron chi connectivity index (χ4n) is 2.73. The third-order valence-electron chi connectivity index (χ3n) is 4.02. The quantitative estimate of drug-likeness (QED) is 0.585. The molecule has 25 heavy (non-hydrogen) atoms. The lowest BCUT2D eigenvalue weighted by molar-refractivity contribution is -0.135. The van der Waals surface area contributed by atoms with Gasteiger partial charge in [0.15, 0.2) is 5.78 Å². The standard InChI is InChI=1S/C19H24FNO4/c1-4-5-13(2)19(23)21-8-9-24-16(11-21)12-25-18-7-6-15(20)10-17(18)14(3)22/h5-7,10,16H,4,8-9,11-12H2,1-3H3/b13-5+. The molecule has 1 heterocycles. The molecular weight excluding hydrogens is 325 g/mol. The van der Waals surface area contributed by atoms with Crippen LogP contribution in [0.4, 0.5) is 4.39 Å². The van der Waals surface area contributed by atoms with Crippen LogP contribution in [-0.2, 0) is 9.53 Å². The number of benzene rings is 1. The summed E-state index contributed by atoms with van der Waals surface area (Å²) in [5.41, 5.74) is 0.923. The molecule has 1 aromatic rings. The second-order valence-corrected chi connectivity index (χ2v) is 6.05. The first kappa shape index (κ1) is 19.1. The molecule has 0 spiro atoms. The first-order valence-electron chi connectivity index (χ1n) is 8.43. The molecule has 1 unspecified atom stereocenters. The SMILES string of the molecule is CC/C=C(\C)C(=O)N1CCOC(COc2ccc(F)cc2C(C)=O)C1. The third kappa shape index (κ3) is 5.13. The molecule has 1 atom stereocenters. The van der Waals surface area contributed by atoms with Gasteiger partial charge in [-0.25, -0.2) is 4.39 Å². The summed E-state index contributed by atoms with van der Waals surface area (Å²) in [5.74, 6) is -0.429. The van der Waals surface area contributed by atoms with E-state index in [4.69, 9.17) is 9.47 Å². The maximum absolute atomic E-state index is 13.3. The second-order valence-electron chi connectivity index (χ2n) is 6.05. The molecule has 1 aliphatic rings. The number of nitrogens with zero attached hydrogens (tertiary/aromatic N) is 1. The highest BCUT2D eigenvalue weighted by Crippen LogP contribution is 2.21. The molecule has 5 nitrogen and oxygen atoms in total. The average Bonchev–Trinajstić information content (AvgIpc) is 2.60. The van der Waals surface area contributed by atoms with Gasteiger partial charge in [0.1, 0.15) is 24.3 Å². The summed E-state index contributed by atoms with van der Waals surface area (Å²) in [6.45, 7) is 6.74. The lowest BCUT2D eigenvalue weighted by Crippen LogP contribution is -2.47. The van der Waals surface area contributed by atoms with E-state index in [1.165, 1.54) is 19.1 Å². The molecule has 6 heteroatoms. The summed E-state index contributed by atoms with van der Waals surface area (Å²) in [6, 6.07) is 3.85. The number of halogens is 1. The van der Waals surface area contributed by atoms with Gasteiger partial charge in [0.05, 0.1) is 18.7 Å². The first-order valence-corrected chi connectivity index (χ1v) is 8.43. The van der Waals surface area contributed by atoms with Gasteiger partial charge in [-0.3, -0.25) is 9.59 Å². The molecule has 0 aromatic heterocycles. The van der Waals surface area contributed by atoms with E-state index in [2.05, 4.69) is 0 Å². The third-order valence-corrected chi connectivity index (χ3v) is 4.02. The molecule has 0 aliphatic carbocycles. The Balaban J connectivity index is 1.99. The molecule has 0 bridgehead atoms. The van der Waals surface area contributed by atoms with E-state index in [-0.39, 0.29) is 30.0 Å². The summed E-state index contributed by atoms with van der Waals surface area (Å²) in [7, 11) is 0. The van der Waals surface area contributed by atoms with Gasteiger partial charge < -0.3 is 14.4 Å². The summed E-state index contributed by atoms with van der Waals surface area (Å²) < 4.78 is 24.6. The summed E-state index contributed by atoms with van der Waals surface area (Å²) in [5, 5.41) is 0. The van der Waals surface area contributed by atoms with E-state index in [1.54, 1.807) is 4.90 Å². The Morgan fingerprint density at radius 3 is 2.84 bits per heavy atom. The Morgan fingerprint density at radius 2 is 2.16 bits per heavy atom. The average molecular weight is 349 g/mol. The predicted molar refractivity (Wildman–Crippen MR) is 92.3 cm³/mol. The Labute approximate surface area is 147 Å². The van der Waals surface area contributed by atoms with Crippen LogP contribution in [0.5, 0.6) is 5.75 Å². The van der Waals surface area contributed by atoms with Crippen LogP contribution in [0.2, 0.25) is 0 Å². The van der Waals surface area contributed by atoms with Gasteiger partial charge >= 0.3 is 0 Å². The number of morpholine rings is 1. The minimum atomic E-state index is -0.485.